The Morgan fingerprint density at radius 3 is 2.34 bits per heavy atom. The molecule has 0 aliphatic heterocycles. The van der Waals surface area contributed by atoms with Crippen LogP contribution in [0.3, 0.4) is 0 Å². The molecule has 0 aromatic heterocycles. The zero-order chi connectivity index (χ0) is 21.1. The minimum absolute atomic E-state index is 0.519. The first kappa shape index (κ1) is 23.3. The first-order chi connectivity index (χ1) is 14.0. The number of aryl methyl sites for hydroxylation is 2. The van der Waals surface area contributed by atoms with Crippen LogP contribution in [0, 0.1) is 25.7 Å². The molecule has 1 aromatic rings. The number of hydrogen-bond acceptors (Lipinski definition) is 5. The zero-order valence-electron chi connectivity index (χ0n) is 18.7. The molecule has 2 rings (SSSR count). The smallest absolute Gasteiger partial charge is 0.125 e. The molecular weight excluding hydrogens is 366 g/mol. The largest absolute Gasteiger partial charge is 0.493 e. The molecule has 162 valence electrons. The molecule has 2 unspecified atom stereocenters. The number of oxime groups is 1. The molecule has 1 aliphatic rings. The highest BCUT2D eigenvalue weighted by atomic mass is 16.6. The Morgan fingerprint density at radius 2 is 1.72 bits per heavy atom. The van der Waals surface area contributed by atoms with E-state index in [9.17, 15) is 0 Å². The van der Waals surface area contributed by atoms with Crippen LogP contribution in [0.2, 0.25) is 0 Å². The fraction of sp³-hybridized carbons (Fsp3) is 0.625. The molecule has 1 aromatic carbocycles. The molecular formula is C24H37NO4. The lowest BCUT2D eigenvalue weighted by molar-refractivity contribution is 0.0575. The van der Waals surface area contributed by atoms with Crippen molar-refractivity contribution >= 4 is 5.71 Å². The molecule has 0 amide bonds. The van der Waals surface area contributed by atoms with Gasteiger partial charge in [0.15, 0.2) is 0 Å². The molecule has 5 nitrogen and oxygen atoms in total. The maximum absolute atomic E-state index is 6.32. The highest BCUT2D eigenvalue weighted by molar-refractivity contribution is 5.82. The molecule has 0 radical (unpaired) electrons. The summed E-state index contributed by atoms with van der Waals surface area (Å²) in [7, 11) is 1.56. The Morgan fingerprint density at radius 1 is 1.07 bits per heavy atom. The van der Waals surface area contributed by atoms with Gasteiger partial charge in [0, 0.05) is 0 Å². The van der Waals surface area contributed by atoms with Crippen LogP contribution in [-0.4, -0.2) is 39.2 Å². The van der Waals surface area contributed by atoms with E-state index in [0.29, 0.717) is 25.0 Å². The summed E-state index contributed by atoms with van der Waals surface area (Å²) in [6.07, 6.45) is 8.93. The van der Waals surface area contributed by atoms with Crippen LogP contribution in [0.1, 0.15) is 50.7 Å². The molecule has 0 bridgehead atoms. The summed E-state index contributed by atoms with van der Waals surface area (Å²) in [5.74, 6) is 2.93. The standard InChI is InChI=1S/C24H37NO4/c1-6-7-12-28-23-13-18(2)24(19(3)14-23)29-17-22-11-9-8-10-21(22)16-27-15-20(4)25-26-5/h6-7,13-14,21-22H,8-12,15-17H2,1-5H3/b7-6+,25-20+. The maximum Gasteiger partial charge on any atom is 0.125 e. The van der Waals surface area contributed by atoms with Crippen molar-refractivity contribution in [3.63, 3.8) is 0 Å². The molecule has 1 fully saturated rings. The van der Waals surface area contributed by atoms with E-state index in [4.69, 9.17) is 19.0 Å². The number of nitrogens with zero attached hydrogens (tertiary/aromatic N) is 1. The fourth-order valence-electron chi connectivity index (χ4n) is 3.92. The van der Waals surface area contributed by atoms with Crippen molar-refractivity contribution in [1.29, 1.82) is 0 Å². The van der Waals surface area contributed by atoms with E-state index in [-0.39, 0.29) is 0 Å². The summed E-state index contributed by atoms with van der Waals surface area (Å²) in [5, 5.41) is 3.91. The van der Waals surface area contributed by atoms with Crippen molar-refractivity contribution < 1.29 is 19.0 Å². The van der Waals surface area contributed by atoms with Crippen LogP contribution in [-0.2, 0) is 9.57 Å². The van der Waals surface area contributed by atoms with Gasteiger partial charge in [-0.1, -0.05) is 30.1 Å². The van der Waals surface area contributed by atoms with E-state index in [1.807, 2.05) is 26.0 Å². The van der Waals surface area contributed by atoms with Gasteiger partial charge in [-0.15, -0.1) is 0 Å². The number of rotatable bonds is 11. The average Bonchev–Trinajstić information content (AvgIpc) is 2.69. The third-order valence-corrected chi connectivity index (χ3v) is 5.41. The predicted octanol–water partition coefficient (Wildman–Crippen LogP) is 5.48. The quantitative estimate of drug-likeness (QED) is 0.279. The minimum Gasteiger partial charge on any atom is -0.493 e. The van der Waals surface area contributed by atoms with Gasteiger partial charge in [0.2, 0.25) is 0 Å². The van der Waals surface area contributed by atoms with Crippen molar-refractivity contribution in [3.8, 4) is 11.5 Å². The van der Waals surface area contributed by atoms with Crippen molar-refractivity contribution in [2.75, 3.05) is 33.5 Å². The van der Waals surface area contributed by atoms with Gasteiger partial charge in [-0.2, -0.15) is 0 Å². The van der Waals surface area contributed by atoms with Crippen LogP contribution in [0.15, 0.2) is 29.4 Å². The second-order valence-corrected chi connectivity index (χ2v) is 7.91. The van der Waals surface area contributed by atoms with E-state index in [1.54, 1.807) is 7.11 Å². The van der Waals surface area contributed by atoms with E-state index < -0.39 is 0 Å². The molecule has 0 N–H and O–H groups in total. The van der Waals surface area contributed by atoms with Crippen molar-refractivity contribution in [1.82, 2.24) is 0 Å². The number of benzene rings is 1. The Labute approximate surface area is 176 Å². The predicted molar refractivity (Wildman–Crippen MR) is 118 cm³/mol. The van der Waals surface area contributed by atoms with Crippen LogP contribution in [0.25, 0.3) is 0 Å². The molecule has 0 spiro atoms. The fourth-order valence-corrected chi connectivity index (χ4v) is 3.92. The second-order valence-electron chi connectivity index (χ2n) is 7.91. The third-order valence-electron chi connectivity index (χ3n) is 5.41. The van der Waals surface area contributed by atoms with Gasteiger partial charge < -0.3 is 19.0 Å². The summed E-state index contributed by atoms with van der Waals surface area (Å²) in [6.45, 7) is 10.7. The average molecular weight is 404 g/mol. The molecule has 5 heteroatoms. The highest BCUT2D eigenvalue weighted by Crippen LogP contribution is 2.33. The van der Waals surface area contributed by atoms with Crippen molar-refractivity contribution in [2.45, 2.75) is 53.4 Å². The minimum atomic E-state index is 0.519. The van der Waals surface area contributed by atoms with Crippen LogP contribution in [0.4, 0.5) is 0 Å². The Bertz CT molecular complexity index is 660. The van der Waals surface area contributed by atoms with Crippen molar-refractivity contribution in [2.24, 2.45) is 17.0 Å². The topological polar surface area (TPSA) is 49.3 Å². The number of ether oxygens (including phenoxy) is 3. The SMILES string of the molecule is C/C=C/COc1cc(C)c(OCC2CCCCC2COC/C(C)=N/OC)c(C)c1. The lowest BCUT2D eigenvalue weighted by Crippen LogP contribution is -2.29. The molecule has 0 heterocycles. The van der Waals surface area contributed by atoms with Gasteiger partial charge in [-0.05, 0) is 75.6 Å². The van der Waals surface area contributed by atoms with Gasteiger partial charge in [0.1, 0.15) is 25.2 Å². The lowest BCUT2D eigenvalue weighted by atomic mass is 9.80. The summed E-state index contributed by atoms with van der Waals surface area (Å²) in [6, 6.07) is 4.12. The van der Waals surface area contributed by atoms with Gasteiger partial charge in [-0.3, -0.25) is 0 Å². The van der Waals surface area contributed by atoms with E-state index in [1.165, 1.54) is 25.7 Å². The lowest BCUT2D eigenvalue weighted by Gasteiger charge is -2.31. The van der Waals surface area contributed by atoms with Crippen LogP contribution >= 0.6 is 0 Å². The van der Waals surface area contributed by atoms with Crippen LogP contribution in [0.5, 0.6) is 11.5 Å². The number of allylic oxidation sites excluding steroid dienone is 1. The maximum atomic E-state index is 6.32. The third kappa shape index (κ3) is 7.73. The molecule has 29 heavy (non-hydrogen) atoms. The van der Waals surface area contributed by atoms with Gasteiger partial charge in [0.05, 0.1) is 25.5 Å². The monoisotopic (exact) mass is 403 g/mol. The van der Waals surface area contributed by atoms with E-state index >= 15 is 0 Å². The zero-order valence-corrected chi connectivity index (χ0v) is 18.7. The summed E-state index contributed by atoms with van der Waals surface area (Å²) >= 11 is 0. The van der Waals surface area contributed by atoms with Gasteiger partial charge >= 0.3 is 0 Å². The first-order valence-electron chi connectivity index (χ1n) is 10.7. The Balaban J connectivity index is 1.91. The van der Waals surface area contributed by atoms with Crippen molar-refractivity contribution in [3.05, 3.63) is 35.4 Å². The van der Waals surface area contributed by atoms with E-state index in [2.05, 4.69) is 31.1 Å². The Kier molecular flexibility index (Phi) is 10.1. The van der Waals surface area contributed by atoms with Crippen LogP contribution < -0.4 is 9.47 Å². The van der Waals surface area contributed by atoms with Gasteiger partial charge in [-0.25, -0.2) is 0 Å². The Hall–Kier alpha value is -2.01. The van der Waals surface area contributed by atoms with Gasteiger partial charge in [0.25, 0.3) is 0 Å². The number of hydrogen-bond donors (Lipinski definition) is 0. The molecule has 1 saturated carbocycles. The summed E-state index contributed by atoms with van der Waals surface area (Å²) in [4.78, 5) is 4.79. The second kappa shape index (κ2) is 12.5. The summed E-state index contributed by atoms with van der Waals surface area (Å²) < 4.78 is 18.0. The molecule has 0 saturated heterocycles. The highest BCUT2D eigenvalue weighted by Gasteiger charge is 2.26. The normalized spacial score (nSPS) is 20.1. The summed E-state index contributed by atoms with van der Waals surface area (Å²) in [5.41, 5.74) is 3.10. The first-order valence-corrected chi connectivity index (χ1v) is 10.7. The molecule has 2 atom stereocenters. The van der Waals surface area contributed by atoms with E-state index in [0.717, 1.165) is 41.6 Å². The molecule has 1 aliphatic carbocycles.